The van der Waals surface area contributed by atoms with Gasteiger partial charge < -0.3 is 9.84 Å². The molecule has 1 N–H and O–H groups in total. The number of nitrogens with one attached hydrogen (secondary N) is 1. The average Bonchev–Trinajstić information content (AvgIpc) is 3.09. The molecule has 2 heterocycles. The Bertz CT molecular complexity index is 1250. The van der Waals surface area contributed by atoms with Gasteiger partial charge in [-0.3, -0.25) is 14.9 Å². The summed E-state index contributed by atoms with van der Waals surface area (Å²) in [6, 6.07) is 12.8. The number of amides is 1. The number of hydrogen-bond acceptors (Lipinski definition) is 6. The van der Waals surface area contributed by atoms with Crippen LogP contribution in [0.3, 0.4) is 0 Å². The summed E-state index contributed by atoms with van der Waals surface area (Å²) in [4.78, 5) is 27.7. The number of carbonyl (C=O) groups is 1. The largest absolute Gasteiger partial charge is 0.335 e. The van der Waals surface area contributed by atoms with Crippen molar-refractivity contribution in [2.75, 3.05) is 5.32 Å². The molecule has 0 fully saturated rings. The quantitative estimate of drug-likeness (QED) is 0.404. The fourth-order valence-corrected chi connectivity index (χ4v) is 2.94. The van der Waals surface area contributed by atoms with E-state index in [1.807, 2.05) is 0 Å². The number of anilines is 1. The molecular weight excluding hydrogens is 379 g/mol. The van der Waals surface area contributed by atoms with Crippen LogP contribution in [0, 0.1) is 22.9 Å². The van der Waals surface area contributed by atoms with Crippen LogP contribution >= 0.6 is 0 Å². The first-order chi connectivity index (χ1) is 13.9. The summed E-state index contributed by atoms with van der Waals surface area (Å²) in [7, 11) is 0. The maximum Gasteiger partial charge on any atom is 0.271 e. The summed E-state index contributed by atoms with van der Waals surface area (Å²) in [6.07, 6.45) is 0. The van der Waals surface area contributed by atoms with E-state index in [-0.39, 0.29) is 22.7 Å². The third-order valence-corrected chi connectivity index (χ3v) is 4.32. The van der Waals surface area contributed by atoms with Gasteiger partial charge in [0.1, 0.15) is 5.82 Å². The van der Waals surface area contributed by atoms with Crippen molar-refractivity contribution >= 4 is 28.4 Å². The molecule has 29 heavy (non-hydrogen) atoms. The third kappa shape index (κ3) is 3.53. The number of aromatic nitrogens is 2. The van der Waals surface area contributed by atoms with Gasteiger partial charge in [-0.25, -0.2) is 9.37 Å². The topological polar surface area (TPSA) is 111 Å². The molecule has 0 bridgehead atoms. The summed E-state index contributed by atoms with van der Waals surface area (Å²) in [5.41, 5.74) is 1.99. The summed E-state index contributed by atoms with van der Waals surface area (Å²) in [5.74, 6) is -0.901. The molecule has 0 atom stereocenters. The van der Waals surface area contributed by atoms with E-state index in [1.165, 1.54) is 42.5 Å². The first-order valence-electron chi connectivity index (χ1n) is 8.51. The Kier molecular flexibility index (Phi) is 4.47. The van der Waals surface area contributed by atoms with Gasteiger partial charge in [0.25, 0.3) is 17.3 Å². The minimum atomic E-state index is -0.545. The van der Waals surface area contributed by atoms with Crippen LogP contribution in [0.15, 0.2) is 59.1 Å². The van der Waals surface area contributed by atoms with Crippen molar-refractivity contribution in [1.29, 1.82) is 0 Å². The lowest BCUT2D eigenvalue weighted by Gasteiger charge is -2.08. The lowest BCUT2D eigenvalue weighted by atomic mass is 10.0. The molecule has 8 nitrogen and oxygen atoms in total. The van der Waals surface area contributed by atoms with Crippen molar-refractivity contribution in [3.8, 4) is 11.3 Å². The van der Waals surface area contributed by atoms with E-state index in [4.69, 9.17) is 4.52 Å². The molecule has 0 aliphatic rings. The molecule has 144 valence electrons. The number of fused-ring (bicyclic) bond motifs is 1. The van der Waals surface area contributed by atoms with Crippen molar-refractivity contribution in [3.63, 3.8) is 0 Å². The molecule has 9 heteroatoms. The second kappa shape index (κ2) is 7.12. The fourth-order valence-electron chi connectivity index (χ4n) is 2.94. The number of nitro benzene ring substituents is 1. The van der Waals surface area contributed by atoms with E-state index in [2.05, 4.69) is 15.5 Å². The molecule has 2 aromatic carbocycles. The van der Waals surface area contributed by atoms with Crippen LogP contribution in [0.2, 0.25) is 0 Å². The second-order valence-electron chi connectivity index (χ2n) is 6.27. The number of pyridine rings is 1. The van der Waals surface area contributed by atoms with E-state index < -0.39 is 16.6 Å². The molecule has 0 aliphatic heterocycles. The Morgan fingerprint density at radius 3 is 2.66 bits per heavy atom. The minimum Gasteiger partial charge on any atom is -0.335 e. The molecule has 2 aromatic heterocycles. The van der Waals surface area contributed by atoms with E-state index >= 15 is 0 Å². The number of halogens is 1. The lowest BCUT2D eigenvalue weighted by molar-refractivity contribution is -0.384. The van der Waals surface area contributed by atoms with Crippen LogP contribution in [0.25, 0.3) is 22.4 Å². The summed E-state index contributed by atoms with van der Waals surface area (Å²) >= 11 is 0. The Balaban J connectivity index is 1.78. The molecule has 0 saturated carbocycles. The van der Waals surface area contributed by atoms with Crippen molar-refractivity contribution in [2.24, 2.45) is 0 Å². The number of benzene rings is 2. The number of nitro groups is 1. The van der Waals surface area contributed by atoms with Crippen molar-refractivity contribution in [1.82, 2.24) is 10.1 Å². The van der Waals surface area contributed by atoms with E-state index in [9.17, 15) is 19.3 Å². The Morgan fingerprint density at radius 2 is 1.93 bits per heavy atom. The van der Waals surface area contributed by atoms with Gasteiger partial charge in [-0.15, -0.1) is 0 Å². The minimum absolute atomic E-state index is 0.143. The van der Waals surface area contributed by atoms with Gasteiger partial charge in [0, 0.05) is 23.4 Å². The normalized spacial score (nSPS) is 10.8. The molecule has 0 aliphatic carbocycles. The van der Waals surface area contributed by atoms with Gasteiger partial charge in [0.15, 0.2) is 0 Å². The number of carbonyl (C=O) groups excluding carboxylic acids is 1. The number of hydrogen-bond donors (Lipinski definition) is 1. The van der Waals surface area contributed by atoms with E-state index in [1.54, 1.807) is 19.1 Å². The van der Waals surface area contributed by atoms with Gasteiger partial charge in [0.2, 0.25) is 0 Å². The molecule has 0 radical (unpaired) electrons. The Labute approximate surface area is 163 Å². The molecule has 0 spiro atoms. The van der Waals surface area contributed by atoms with Gasteiger partial charge in [-0.05, 0) is 43.3 Å². The predicted molar refractivity (Wildman–Crippen MR) is 103 cm³/mol. The average molecular weight is 392 g/mol. The lowest BCUT2D eigenvalue weighted by Crippen LogP contribution is -2.13. The van der Waals surface area contributed by atoms with Crippen LogP contribution in [-0.4, -0.2) is 21.0 Å². The number of aryl methyl sites for hydroxylation is 1. The highest BCUT2D eigenvalue weighted by molar-refractivity contribution is 6.13. The standard InChI is InChI=1S/C20H13FN4O4/c1-11-18-16(19(26)22-14-3-2-4-15(9-14)25(27)28)10-17(23-20(18)29-24-11)12-5-7-13(21)8-6-12/h2-10H,1H3,(H,22,26). The number of nitrogens with zero attached hydrogens (tertiary/aromatic N) is 3. The maximum absolute atomic E-state index is 13.2. The van der Waals surface area contributed by atoms with Crippen LogP contribution in [0.5, 0.6) is 0 Å². The van der Waals surface area contributed by atoms with Gasteiger partial charge in [-0.1, -0.05) is 11.2 Å². The predicted octanol–water partition coefficient (Wildman–Crippen LogP) is 4.50. The molecule has 1 amide bonds. The second-order valence-corrected chi connectivity index (χ2v) is 6.27. The van der Waals surface area contributed by atoms with Gasteiger partial charge in [0.05, 0.1) is 27.3 Å². The van der Waals surface area contributed by atoms with Crippen LogP contribution in [0.4, 0.5) is 15.8 Å². The Morgan fingerprint density at radius 1 is 1.17 bits per heavy atom. The number of non-ortho nitro benzene ring substituents is 1. The molecule has 4 aromatic rings. The SMILES string of the molecule is Cc1noc2nc(-c3ccc(F)cc3)cc(C(=O)Nc3cccc([N+](=O)[O-])c3)c12. The van der Waals surface area contributed by atoms with E-state index in [0.717, 1.165) is 0 Å². The highest BCUT2D eigenvalue weighted by Crippen LogP contribution is 2.28. The van der Waals surface area contributed by atoms with Gasteiger partial charge in [-0.2, -0.15) is 0 Å². The van der Waals surface area contributed by atoms with Crippen molar-refractivity contribution in [2.45, 2.75) is 6.92 Å². The first kappa shape index (κ1) is 18.2. The molecule has 0 saturated heterocycles. The van der Waals surface area contributed by atoms with Gasteiger partial charge >= 0.3 is 0 Å². The maximum atomic E-state index is 13.2. The Hall–Kier alpha value is -4.14. The number of rotatable bonds is 4. The van der Waals surface area contributed by atoms with Crippen LogP contribution in [-0.2, 0) is 0 Å². The highest BCUT2D eigenvalue weighted by Gasteiger charge is 2.20. The van der Waals surface area contributed by atoms with Crippen molar-refractivity contribution < 1.29 is 18.6 Å². The molecule has 0 unspecified atom stereocenters. The molecular formula is C20H13FN4O4. The van der Waals surface area contributed by atoms with Crippen LogP contribution < -0.4 is 5.32 Å². The van der Waals surface area contributed by atoms with Crippen molar-refractivity contribution in [3.05, 3.63) is 81.8 Å². The molecule has 4 rings (SSSR count). The van der Waals surface area contributed by atoms with E-state index in [0.29, 0.717) is 22.3 Å². The van der Waals surface area contributed by atoms with Crippen LogP contribution in [0.1, 0.15) is 16.1 Å². The smallest absolute Gasteiger partial charge is 0.271 e. The first-order valence-corrected chi connectivity index (χ1v) is 8.51. The zero-order chi connectivity index (χ0) is 20.5. The summed E-state index contributed by atoms with van der Waals surface area (Å²) in [5, 5.41) is 17.9. The monoisotopic (exact) mass is 392 g/mol. The fraction of sp³-hybridized carbons (Fsp3) is 0.0500. The zero-order valence-corrected chi connectivity index (χ0v) is 15.0. The zero-order valence-electron chi connectivity index (χ0n) is 15.0. The third-order valence-electron chi connectivity index (χ3n) is 4.32. The summed E-state index contributed by atoms with van der Waals surface area (Å²) in [6.45, 7) is 1.68. The highest BCUT2D eigenvalue weighted by atomic mass is 19.1. The summed E-state index contributed by atoms with van der Waals surface area (Å²) < 4.78 is 18.5.